The van der Waals surface area contributed by atoms with Crippen LogP contribution in [0, 0.1) is 0 Å². The third kappa shape index (κ3) is 4.10. The van der Waals surface area contributed by atoms with E-state index in [0.717, 1.165) is 12.2 Å². The van der Waals surface area contributed by atoms with Crippen LogP contribution in [-0.2, 0) is 6.42 Å². The van der Waals surface area contributed by atoms with E-state index in [0.29, 0.717) is 12.1 Å². The third-order valence-corrected chi connectivity index (χ3v) is 3.51. The molecule has 20 heavy (non-hydrogen) atoms. The topological polar surface area (TPSA) is 21.3 Å². The molecule has 0 aliphatic heterocycles. The first-order valence-electron chi connectivity index (χ1n) is 7.13. The lowest BCUT2D eigenvalue weighted by molar-refractivity contribution is 0.413. The number of nitrogens with one attached hydrogen (secondary N) is 1. The lowest BCUT2D eigenvalue weighted by Gasteiger charge is -2.20. The Hall–Kier alpha value is -1.80. The number of methoxy groups -OCH3 is 1. The summed E-state index contributed by atoms with van der Waals surface area (Å²) in [6.45, 7) is 4.43. The molecule has 0 aromatic heterocycles. The van der Waals surface area contributed by atoms with Gasteiger partial charge in [-0.1, -0.05) is 42.5 Å². The van der Waals surface area contributed by atoms with E-state index in [1.165, 1.54) is 11.1 Å². The quantitative estimate of drug-likeness (QED) is 0.856. The van der Waals surface area contributed by atoms with Crippen LogP contribution in [0.3, 0.4) is 0 Å². The highest BCUT2D eigenvalue weighted by atomic mass is 16.5. The van der Waals surface area contributed by atoms with Gasteiger partial charge in [0, 0.05) is 12.1 Å². The SMILES string of the molecule is COc1cccc(C[C@@H](C)N[C@H](C)c2ccccc2)c1. The number of ether oxygens (including phenoxy) is 1. The molecule has 2 nitrogen and oxygen atoms in total. The Morgan fingerprint density at radius 1 is 1.00 bits per heavy atom. The fourth-order valence-electron chi connectivity index (χ4n) is 2.48. The minimum Gasteiger partial charge on any atom is -0.497 e. The van der Waals surface area contributed by atoms with E-state index in [1.807, 2.05) is 12.1 Å². The summed E-state index contributed by atoms with van der Waals surface area (Å²) in [5.74, 6) is 0.922. The summed E-state index contributed by atoms with van der Waals surface area (Å²) in [5.41, 5.74) is 2.62. The van der Waals surface area contributed by atoms with Crippen molar-refractivity contribution >= 4 is 0 Å². The van der Waals surface area contributed by atoms with E-state index in [9.17, 15) is 0 Å². The Balaban J connectivity index is 1.93. The summed E-state index contributed by atoms with van der Waals surface area (Å²) in [7, 11) is 1.71. The molecule has 0 aliphatic rings. The van der Waals surface area contributed by atoms with Gasteiger partial charge in [-0.2, -0.15) is 0 Å². The summed E-state index contributed by atoms with van der Waals surface area (Å²) in [5, 5.41) is 3.64. The molecular weight excluding hydrogens is 246 g/mol. The van der Waals surface area contributed by atoms with Crippen LogP contribution in [0.5, 0.6) is 5.75 Å². The Bertz CT molecular complexity index is 524. The minimum atomic E-state index is 0.358. The maximum atomic E-state index is 5.27. The Morgan fingerprint density at radius 2 is 1.75 bits per heavy atom. The van der Waals surface area contributed by atoms with Gasteiger partial charge in [-0.05, 0) is 43.5 Å². The van der Waals surface area contributed by atoms with E-state index in [-0.39, 0.29) is 0 Å². The molecule has 0 spiro atoms. The fourth-order valence-corrected chi connectivity index (χ4v) is 2.48. The lowest BCUT2D eigenvalue weighted by atomic mass is 10.0. The molecule has 0 unspecified atom stereocenters. The van der Waals surface area contributed by atoms with Crippen molar-refractivity contribution in [1.29, 1.82) is 0 Å². The van der Waals surface area contributed by atoms with Gasteiger partial charge >= 0.3 is 0 Å². The molecule has 0 fully saturated rings. The molecule has 0 amide bonds. The van der Waals surface area contributed by atoms with Crippen molar-refractivity contribution in [1.82, 2.24) is 5.32 Å². The van der Waals surface area contributed by atoms with Crippen LogP contribution in [0.1, 0.15) is 31.0 Å². The Kier molecular flexibility index (Phi) is 5.19. The second-order valence-electron chi connectivity index (χ2n) is 5.26. The highest BCUT2D eigenvalue weighted by molar-refractivity contribution is 5.29. The van der Waals surface area contributed by atoms with Crippen molar-refractivity contribution in [3.63, 3.8) is 0 Å². The molecule has 1 N–H and O–H groups in total. The van der Waals surface area contributed by atoms with Crippen LogP contribution >= 0.6 is 0 Å². The highest BCUT2D eigenvalue weighted by Crippen LogP contribution is 2.16. The van der Waals surface area contributed by atoms with Crippen LogP contribution in [0.2, 0.25) is 0 Å². The minimum absolute atomic E-state index is 0.358. The molecule has 2 aromatic carbocycles. The predicted octanol–water partition coefficient (Wildman–Crippen LogP) is 3.98. The van der Waals surface area contributed by atoms with Crippen molar-refractivity contribution in [2.75, 3.05) is 7.11 Å². The molecule has 106 valence electrons. The number of benzene rings is 2. The molecule has 2 aromatic rings. The van der Waals surface area contributed by atoms with Crippen molar-refractivity contribution in [3.05, 3.63) is 65.7 Å². The zero-order valence-corrected chi connectivity index (χ0v) is 12.5. The molecule has 0 radical (unpaired) electrons. The molecule has 0 heterocycles. The van der Waals surface area contributed by atoms with Crippen LogP contribution in [0.25, 0.3) is 0 Å². The van der Waals surface area contributed by atoms with Gasteiger partial charge in [-0.15, -0.1) is 0 Å². The van der Waals surface area contributed by atoms with E-state index in [2.05, 4.69) is 61.6 Å². The van der Waals surface area contributed by atoms with Crippen molar-refractivity contribution in [2.24, 2.45) is 0 Å². The molecule has 2 heteroatoms. The van der Waals surface area contributed by atoms with Gasteiger partial charge in [-0.25, -0.2) is 0 Å². The van der Waals surface area contributed by atoms with Crippen molar-refractivity contribution in [3.8, 4) is 5.75 Å². The Morgan fingerprint density at radius 3 is 2.45 bits per heavy atom. The average molecular weight is 269 g/mol. The van der Waals surface area contributed by atoms with Crippen molar-refractivity contribution < 1.29 is 4.74 Å². The standard InChI is InChI=1S/C18H23NO/c1-14(12-16-8-7-11-18(13-16)20-3)19-15(2)17-9-5-4-6-10-17/h4-11,13-15,19H,12H2,1-3H3/t14-,15-/m1/s1. The zero-order chi connectivity index (χ0) is 14.4. The molecule has 0 saturated carbocycles. The first-order valence-corrected chi connectivity index (χ1v) is 7.13. The first-order chi connectivity index (χ1) is 9.69. The fraction of sp³-hybridized carbons (Fsp3) is 0.333. The number of hydrogen-bond donors (Lipinski definition) is 1. The maximum absolute atomic E-state index is 5.27. The van der Waals surface area contributed by atoms with Gasteiger partial charge in [0.15, 0.2) is 0 Å². The van der Waals surface area contributed by atoms with E-state index < -0.39 is 0 Å². The highest BCUT2D eigenvalue weighted by Gasteiger charge is 2.10. The summed E-state index contributed by atoms with van der Waals surface area (Å²) in [6.07, 6.45) is 0.994. The monoisotopic (exact) mass is 269 g/mol. The largest absolute Gasteiger partial charge is 0.497 e. The second-order valence-corrected chi connectivity index (χ2v) is 5.26. The molecule has 0 aliphatic carbocycles. The van der Waals surface area contributed by atoms with Crippen LogP contribution in [-0.4, -0.2) is 13.2 Å². The summed E-state index contributed by atoms with van der Waals surface area (Å²) < 4.78 is 5.27. The Labute approximate surface area is 121 Å². The van der Waals surface area contributed by atoms with Gasteiger partial charge in [0.2, 0.25) is 0 Å². The molecule has 0 saturated heterocycles. The van der Waals surface area contributed by atoms with Gasteiger partial charge in [-0.3, -0.25) is 0 Å². The summed E-state index contributed by atoms with van der Waals surface area (Å²) in [4.78, 5) is 0. The molecule has 0 bridgehead atoms. The molecular formula is C18H23NO. The molecule has 2 atom stereocenters. The summed E-state index contributed by atoms with van der Waals surface area (Å²) >= 11 is 0. The average Bonchev–Trinajstić information content (AvgIpc) is 2.48. The van der Waals surface area contributed by atoms with Crippen molar-refractivity contribution in [2.45, 2.75) is 32.4 Å². The van der Waals surface area contributed by atoms with E-state index in [1.54, 1.807) is 7.11 Å². The van der Waals surface area contributed by atoms with Crippen LogP contribution in [0.4, 0.5) is 0 Å². The van der Waals surface area contributed by atoms with Gasteiger partial charge < -0.3 is 10.1 Å². The lowest BCUT2D eigenvalue weighted by Crippen LogP contribution is -2.30. The van der Waals surface area contributed by atoms with Gasteiger partial charge in [0.05, 0.1) is 7.11 Å². The zero-order valence-electron chi connectivity index (χ0n) is 12.5. The normalized spacial score (nSPS) is 13.8. The number of hydrogen-bond acceptors (Lipinski definition) is 2. The molecule has 2 rings (SSSR count). The van der Waals surface area contributed by atoms with Gasteiger partial charge in [0.25, 0.3) is 0 Å². The second kappa shape index (κ2) is 7.11. The van der Waals surface area contributed by atoms with E-state index >= 15 is 0 Å². The van der Waals surface area contributed by atoms with Gasteiger partial charge in [0.1, 0.15) is 5.75 Å². The summed E-state index contributed by atoms with van der Waals surface area (Å²) in [6, 6.07) is 19.6. The van der Waals surface area contributed by atoms with Crippen LogP contribution < -0.4 is 10.1 Å². The number of rotatable bonds is 6. The van der Waals surface area contributed by atoms with E-state index in [4.69, 9.17) is 4.74 Å². The maximum Gasteiger partial charge on any atom is 0.119 e. The van der Waals surface area contributed by atoms with Crippen LogP contribution in [0.15, 0.2) is 54.6 Å². The third-order valence-electron chi connectivity index (χ3n) is 3.51. The first kappa shape index (κ1) is 14.6. The predicted molar refractivity (Wildman–Crippen MR) is 84.2 cm³/mol. The smallest absolute Gasteiger partial charge is 0.119 e.